The molecule has 0 aromatic heterocycles. The highest BCUT2D eigenvalue weighted by atomic mass is 32.2. The van der Waals surface area contributed by atoms with Gasteiger partial charge in [0.2, 0.25) is 10.0 Å². The van der Waals surface area contributed by atoms with Crippen LogP contribution in [0, 0.1) is 11.3 Å². The molecule has 2 aromatic rings. The number of rotatable bonds is 8. The Hall–Kier alpha value is -3.15. The van der Waals surface area contributed by atoms with Gasteiger partial charge >= 0.3 is 0 Å². The SMILES string of the molecule is CCc1ccc(C(C)NC(=O)/C(C#N)=C\NCc2ccc(S(N)(=O)=O)cc2)cc1. The number of nitriles is 1. The van der Waals surface area contributed by atoms with E-state index in [2.05, 4.69) is 17.6 Å². The number of hydrogen-bond donors (Lipinski definition) is 3. The van der Waals surface area contributed by atoms with Crippen LogP contribution in [0.3, 0.4) is 0 Å². The highest BCUT2D eigenvalue weighted by molar-refractivity contribution is 7.89. The van der Waals surface area contributed by atoms with Crippen LogP contribution >= 0.6 is 0 Å². The molecule has 0 bridgehead atoms. The molecule has 1 unspecified atom stereocenters. The molecule has 0 saturated carbocycles. The summed E-state index contributed by atoms with van der Waals surface area (Å²) in [6.45, 7) is 4.25. The fraction of sp³-hybridized carbons (Fsp3) is 0.238. The first-order valence-electron chi connectivity index (χ1n) is 9.09. The molecule has 0 aliphatic rings. The number of benzene rings is 2. The van der Waals surface area contributed by atoms with Gasteiger partial charge in [-0.15, -0.1) is 0 Å². The lowest BCUT2D eigenvalue weighted by molar-refractivity contribution is -0.117. The van der Waals surface area contributed by atoms with Crippen LogP contribution in [0.25, 0.3) is 0 Å². The minimum Gasteiger partial charge on any atom is -0.386 e. The number of hydrogen-bond acceptors (Lipinski definition) is 5. The summed E-state index contributed by atoms with van der Waals surface area (Å²) in [6.07, 6.45) is 2.29. The number of primary sulfonamides is 1. The van der Waals surface area contributed by atoms with Gasteiger partial charge in [0.25, 0.3) is 5.91 Å². The number of carbonyl (C=O) groups is 1. The molecule has 0 aliphatic carbocycles. The standard InChI is InChI=1S/C21H24N4O3S/c1-3-16-4-8-18(9-5-16)15(2)25-21(26)19(12-22)14-24-13-17-6-10-20(11-7-17)29(23,27)28/h4-11,14-15,24H,3,13H2,1-2H3,(H,25,26)(H2,23,27,28)/b19-14-. The first-order chi connectivity index (χ1) is 13.7. The van der Waals surface area contributed by atoms with Gasteiger partial charge in [-0.25, -0.2) is 13.6 Å². The van der Waals surface area contributed by atoms with Crippen LogP contribution in [-0.2, 0) is 27.8 Å². The fourth-order valence-corrected chi connectivity index (χ4v) is 3.13. The molecular weight excluding hydrogens is 388 g/mol. The summed E-state index contributed by atoms with van der Waals surface area (Å²) >= 11 is 0. The zero-order valence-corrected chi connectivity index (χ0v) is 17.2. The highest BCUT2D eigenvalue weighted by Gasteiger charge is 2.13. The second-order valence-corrected chi connectivity index (χ2v) is 8.09. The minimum absolute atomic E-state index is 0.0230. The van der Waals surface area contributed by atoms with E-state index in [0.29, 0.717) is 6.54 Å². The predicted molar refractivity (Wildman–Crippen MR) is 111 cm³/mol. The maximum absolute atomic E-state index is 12.4. The van der Waals surface area contributed by atoms with Gasteiger partial charge in [0, 0.05) is 12.7 Å². The van der Waals surface area contributed by atoms with E-state index < -0.39 is 15.9 Å². The number of nitrogens with zero attached hydrogens (tertiary/aromatic N) is 1. The molecule has 7 nitrogen and oxygen atoms in total. The molecule has 0 fully saturated rings. The largest absolute Gasteiger partial charge is 0.386 e. The Morgan fingerprint density at radius 2 is 1.72 bits per heavy atom. The van der Waals surface area contributed by atoms with Crippen molar-refractivity contribution in [1.82, 2.24) is 10.6 Å². The van der Waals surface area contributed by atoms with Gasteiger partial charge < -0.3 is 10.6 Å². The Morgan fingerprint density at radius 1 is 1.14 bits per heavy atom. The van der Waals surface area contributed by atoms with Crippen molar-refractivity contribution in [2.45, 2.75) is 37.8 Å². The van der Waals surface area contributed by atoms with E-state index in [9.17, 15) is 18.5 Å². The Balaban J connectivity index is 1.96. The quantitative estimate of drug-likeness (QED) is 0.453. The van der Waals surface area contributed by atoms with Gasteiger partial charge in [-0.1, -0.05) is 43.3 Å². The second-order valence-electron chi connectivity index (χ2n) is 6.53. The number of aryl methyl sites for hydroxylation is 1. The van der Waals surface area contributed by atoms with Crippen molar-refractivity contribution >= 4 is 15.9 Å². The maximum atomic E-state index is 12.4. The Bertz CT molecular complexity index is 1020. The predicted octanol–water partition coefficient (Wildman–Crippen LogP) is 2.27. The molecule has 4 N–H and O–H groups in total. The summed E-state index contributed by atoms with van der Waals surface area (Å²) < 4.78 is 22.5. The number of amides is 1. The van der Waals surface area contributed by atoms with E-state index in [-0.39, 0.29) is 16.5 Å². The molecule has 1 amide bonds. The molecule has 152 valence electrons. The van der Waals surface area contributed by atoms with Gasteiger partial charge in [0.05, 0.1) is 10.9 Å². The van der Waals surface area contributed by atoms with Crippen LogP contribution in [0.15, 0.2) is 65.2 Å². The lowest BCUT2D eigenvalue weighted by atomic mass is 10.0. The third-order valence-corrected chi connectivity index (χ3v) is 5.33. The second kappa shape index (κ2) is 9.87. The van der Waals surface area contributed by atoms with E-state index in [1.807, 2.05) is 37.3 Å². The van der Waals surface area contributed by atoms with Crippen LogP contribution in [0.5, 0.6) is 0 Å². The molecule has 0 heterocycles. The van der Waals surface area contributed by atoms with Crippen LogP contribution < -0.4 is 15.8 Å². The summed E-state index contributed by atoms with van der Waals surface area (Å²) in [7, 11) is -3.74. The lowest BCUT2D eigenvalue weighted by Crippen LogP contribution is -2.28. The van der Waals surface area contributed by atoms with E-state index >= 15 is 0 Å². The van der Waals surface area contributed by atoms with Gasteiger partial charge in [-0.3, -0.25) is 4.79 Å². The van der Waals surface area contributed by atoms with E-state index in [4.69, 9.17) is 5.14 Å². The number of nitrogens with two attached hydrogens (primary N) is 1. The van der Waals surface area contributed by atoms with E-state index in [1.165, 1.54) is 23.9 Å². The molecule has 0 spiro atoms. The maximum Gasteiger partial charge on any atom is 0.263 e. The average molecular weight is 413 g/mol. The Labute approximate surface area is 171 Å². The zero-order chi connectivity index (χ0) is 21.4. The third-order valence-electron chi connectivity index (χ3n) is 4.41. The molecule has 1 atom stereocenters. The molecule has 0 radical (unpaired) electrons. The number of sulfonamides is 1. The van der Waals surface area contributed by atoms with Crippen LogP contribution in [0.4, 0.5) is 0 Å². The fourth-order valence-electron chi connectivity index (χ4n) is 2.62. The van der Waals surface area contributed by atoms with Crippen molar-refractivity contribution in [3.8, 4) is 6.07 Å². The van der Waals surface area contributed by atoms with E-state index in [1.54, 1.807) is 12.1 Å². The van der Waals surface area contributed by atoms with Crippen LogP contribution in [0.2, 0.25) is 0 Å². The molecule has 8 heteroatoms. The Morgan fingerprint density at radius 3 is 2.24 bits per heavy atom. The molecule has 0 aliphatic heterocycles. The van der Waals surface area contributed by atoms with Gasteiger partial charge in [0.15, 0.2) is 0 Å². The van der Waals surface area contributed by atoms with E-state index in [0.717, 1.165) is 17.5 Å². The molecule has 2 aromatic carbocycles. The zero-order valence-electron chi connectivity index (χ0n) is 16.3. The highest BCUT2D eigenvalue weighted by Crippen LogP contribution is 2.14. The van der Waals surface area contributed by atoms with Crippen molar-refractivity contribution in [2.24, 2.45) is 5.14 Å². The molecule has 2 rings (SSSR count). The summed E-state index contributed by atoms with van der Waals surface area (Å²) in [6, 6.07) is 15.6. The van der Waals surface area contributed by atoms with Crippen molar-refractivity contribution in [1.29, 1.82) is 5.26 Å². The normalized spacial score (nSPS) is 12.7. The monoisotopic (exact) mass is 412 g/mol. The van der Waals surface area contributed by atoms with Crippen LogP contribution in [-0.4, -0.2) is 14.3 Å². The summed E-state index contributed by atoms with van der Waals surface area (Å²) in [5.41, 5.74) is 2.89. The molecule has 0 saturated heterocycles. The van der Waals surface area contributed by atoms with Crippen LogP contribution in [0.1, 0.15) is 36.6 Å². The third kappa shape index (κ3) is 6.45. The molecular formula is C21H24N4O3S. The van der Waals surface area contributed by atoms with Gasteiger partial charge in [0.1, 0.15) is 11.6 Å². The number of carbonyl (C=O) groups excluding carboxylic acids is 1. The number of nitrogens with one attached hydrogen (secondary N) is 2. The van der Waals surface area contributed by atoms with Crippen molar-refractivity contribution < 1.29 is 13.2 Å². The average Bonchev–Trinajstić information content (AvgIpc) is 2.70. The van der Waals surface area contributed by atoms with Gasteiger partial charge in [-0.05, 0) is 42.2 Å². The van der Waals surface area contributed by atoms with Crippen molar-refractivity contribution in [2.75, 3.05) is 0 Å². The van der Waals surface area contributed by atoms with Crippen molar-refractivity contribution in [3.63, 3.8) is 0 Å². The first-order valence-corrected chi connectivity index (χ1v) is 10.6. The minimum atomic E-state index is -3.74. The Kier molecular flexibility index (Phi) is 7.53. The van der Waals surface area contributed by atoms with Gasteiger partial charge in [-0.2, -0.15) is 5.26 Å². The molecule has 29 heavy (non-hydrogen) atoms. The summed E-state index contributed by atoms with van der Waals surface area (Å²) in [5.74, 6) is -0.475. The lowest BCUT2D eigenvalue weighted by Gasteiger charge is -2.14. The van der Waals surface area contributed by atoms with Crippen molar-refractivity contribution in [3.05, 3.63) is 77.0 Å². The summed E-state index contributed by atoms with van der Waals surface area (Å²) in [4.78, 5) is 12.4. The smallest absolute Gasteiger partial charge is 0.263 e. The summed E-state index contributed by atoms with van der Waals surface area (Å²) in [5, 5.41) is 20.0. The topological polar surface area (TPSA) is 125 Å². The first kappa shape index (κ1) is 22.1.